The highest BCUT2D eigenvalue weighted by Crippen LogP contribution is 2.20. The number of carbonyl (C=O) groups is 14. The quantitative estimate of drug-likeness (QED) is 0.0113. The molecule has 7 atom stereocenters. The van der Waals surface area contributed by atoms with Gasteiger partial charge >= 0.3 is 23.9 Å². The first kappa shape index (κ1) is 85.5. The SMILES string of the molecule is CCCC[C@H](NC(C)=O)C(=O)N[C@@H](CC(=O)O)C(=O)N[C@H](Cc1cnc[nH]1)C(=O)N[C@@H](Cc1ccccc1)C(=O)N[C@@H](CCCN=C(N)N)C(=O)N[C@@H](Cc1c[nH]c2ccccc12)C(=O)NCC(=O)N[C@H](CCCCNC(=O)CN1CCN(CC(=O)O)CCN(CC(=O)O)CCN(CC(=O)O)CC1)C(N)=O. The Kier molecular flexibility index (Phi) is 36.5. The fourth-order valence-electron chi connectivity index (χ4n) is 11.6. The number of amides is 10. The number of aliphatic imine (C=N–C) groups is 1. The van der Waals surface area contributed by atoms with Gasteiger partial charge < -0.3 is 95.4 Å². The van der Waals surface area contributed by atoms with Crippen molar-refractivity contribution in [3.8, 4) is 0 Å². The third-order valence-electron chi connectivity index (χ3n) is 17.1. The number of carboxylic acid groups (broad SMARTS) is 4. The number of nitrogens with one attached hydrogen (secondary N) is 11. The number of hydrogen-bond acceptors (Lipinski definition) is 20. The van der Waals surface area contributed by atoms with E-state index in [1.807, 2.05) is 6.92 Å². The molecule has 5 rings (SSSR count). The van der Waals surface area contributed by atoms with Gasteiger partial charge in [0.05, 0.1) is 45.5 Å². The summed E-state index contributed by atoms with van der Waals surface area (Å²) in [7, 11) is 0. The van der Waals surface area contributed by atoms with Crippen molar-refractivity contribution in [3.63, 3.8) is 0 Å². The number of unbranched alkanes of at least 4 members (excludes halogenated alkanes) is 2. The molecule has 21 N–H and O–H groups in total. The molecule has 4 aromatic rings. The molecule has 1 aliphatic rings. The van der Waals surface area contributed by atoms with Gasteiger partial charge in [-0.3, -0.25) is 91.7 Å². The highest BCUT2D eigenvalue weighted by molar-refractivity contribution is 5.99. The first-order chi connectivity index (χ1) is 50.5. The van der Waals surface area contributed by atoms with Crippen LogP contribution >= 0.6 is 0 Å². The number of guanidine groups is 1. The Hall–Kier alpha value is -11.1. The molecule has 580 valence electrons. The van der Waals surface area contributed by atoms with E-state index in [1.54, 1.807) is 80.4 Å². The van der Waals surface area contributed by atoms with Gasteiger partial charge in [-0.15, -0.1) is 0 Å². The van der Waals surface area contributed by atoms with Gasteiger partial charge in [0.15, 0.2) is 5.96 Å². The summed E-state index contributed by atoms with van der Waals surface area (Å²) >= 11 is 0. The molecular formula is C68H100N20O18. The smallest absolute Gasteiger partial charge is 0.317 e. The largest absolute Gasteiger partial charge is 0.481 e. The van der Waals surface area contributed by atoms with Crippen molar-refractivity contribution in [2.45, 2.75) is 133 Å². The van der Waals surface area contributed by atoms with E-state index in [0.29, 0.717) is 47.0 Å². The van der Waals surface area contributed by atoms with Crippen LogP contribution in [-0.2, 0) is 86.4 Å². The first-order valence-electron chi connectivity index (χ1n) is 34.9. The van der Waals surface area contributed by atoms with Crippen LogP contribution in [0.25, 0.3) is 10.9 Å². The van der Waals surface area contributed by atoms with Crippen molar-refractivity contribution >= 4 is 99.8 Å². The Balaban J connectivity index is 1.30. The molecule has 1 aliphatic heterocycles. The molecule has 0 saturated carbocycles. The molecule has 2 aromatic carbocycles. The average Bonchev–Trinajstić information content (AvgIpc) is 1.73. The van der Waals surface area contributed by atoms with E-state index < -0.39 is 138 Å². The molecule has 0 bridgehead atoms. The van der Waals surface area contributed by atoms with Gasteiger partial charge in [-0.2, -0.15) is 0 Å². The number of carbonyl (C=O) groups excluding carboxylic acids is 10. The van der Waals surface area contributed by atoms with Crippen molar-refractivity contribution in [2.24, 2.45) is 22.2 Å². The molecule has 38 nitrogen and oxygen atoms in total. The minimum absolute atomic E-state index is 0.00600. The fraction of sp³-hybridized carbons (Fsp3) is 0.529. The molecular weight excluding hydrogens is 1380 g/mol. The highest BCUT2D eigenvalue weighted by Gasteiger charge is 2.36. The lowest BCUT2D eigenvalue weighted by atomic mass is 10.0. The van der Waals surface area contributed by atoms with Gasteiger partial charge in [0.25, 0.3) is 0 Å². The summed E-state index contributed by atoms with van der Waals surface area (Å²) in [5.41, 5.74) is 19.0. The number of rotatable bonds is 44. The Morgan fingerprint density at radius 2 is 0.991 bits per heavy atom. The number of fused-ring (bicyclic) bond motifs is 1. The number of aromatic nitrogens is 3. The zero-order valence-corrected chi connectivity index (χ0v) is 59.5. The predicted molar refractivity (Wildman–Crippen MR) is 383 cm³/mol. The van der Waals surface area contributed by atoms with Gasteiger partial charge in [-0.05, 0) is 55.7 Å². The van der Waals surface area contributed by atoms with Crippen molar-refractivity contribution in [2.75, 3.05) is 98.2 Å². The minimum Gasteiger partial charge on any atom is -0.481 e. The maximum atomic E-state index is 14.9. The Morgan fingerprint density at radius 3 is 1.52 bits per heavy atom. The topological polar surface area (TPSA) is 576 Å². The number of benzene rings is 2. The third kappa shape index (κ3) is 32.3. The molecule has 0 radical (unpaired) electrons. The zero-order valence-electron chi connectivity index (χ0n) is 59.5. The number of aromatic amines is 2. The number of primary amides is 1. The van der Waals surface area contributed by atoms with Crippen LogP contribution in [0.2, 0.25) is 0 Å². The minimum atomic E-state index is -1.77. The van der Waals surface area contributed by atoms with E-state index in [0.717, 1.165) is 0 Å². The number of nitrogens with zero attached hydrogens (tertiary/aromatic N) is 6. The molecule has 0 aliphatic carbocycles. The fourth-order valence-corrected chi connectivity index (χ4v) is 11.6. The van der Waals surface area contributed by atoms with Crippen molar-refractivity contribution < 1.29 is 87.5 Å². The summed E-state index contributed by atoms with van der Waals surface area (Å²) in [6.45, 7) is 2.87. The lowest BCUT2D eigenvalue weighted by Gasteiger charge is -2.32. The molecule has 0 spiro atoms. The lowest BCUT2D eigenvalue weighted by molar-refractivity contribution is -0.141. The van der Waals surface area contributed by atoms with Crippen LogP contribution in [0, 0.1) is 0 Å². The number of para-hydroxylation sites is 1. The molecule has 2 aromatic heterocycles. The maximum absolute atomic E-state index is 14.9. The normalized spacial score (nSPS) is 15.3. The van der Waals surface area contributed by atoms with Crippen molar-refractivity contribution in [1.29, 1.82) is 0 Å². The van der Waals surface area contributed by atoms with Crippen LogP contribution in [-0.4, -0.2) is 284 Å². The summed E-state index contributed by atoms with van der Waals surface area (Å²) in [5.74, 6) is -13.4. The predicted octanol–water partition coefficient (Wildman–Crippen LogP) is -4.59. The molecule has 10 amide bonds. The molecule has 3 heterocycles. The number of imidazole rings is 1. The second-order valence-corrected chi connectivity index (χ2v) is 25.7. The molecule has 106 heavy (non-hydrogen) atoms. The zero-order chi connectivity index (χ0) is 77.7. The lowest BCUT2D eigenvalue weighted by Crippen LogP contribution is -2.60. The number of nitrogens with two attached hydrogens (primary N) is 3. The molecule has 0 unspecified atom stereocenters. The Morgan fingerprint density at radius 1 is 0.500 bits per heavy atom. The number of hydrogen-bond donors (Lipinski definition) is 18. The van der Waals surface area contributed by atoms with Crippen molar-refractivity contribution in [1.82, 2.24) is 82.4 Å². The Bertz CT molecular complexity index is 3600. The Labute approximate surface area is 611 Å². The van der Waals surface area contributed by atoms with Crippen LogP contribution in [0.1, 0.15) is 88.5 Å². The number of aliphatic carboxylic acids is 4. The summed E-state index contributed by atoms with van der Waals surface area (Å²) in [6.07, 6.45) is 4.38. The summed E-state index contributed by atoms with van der Waals surface area (Å²) < 4.78 is 0. The maximum Gasteiger partial charge on any atom is 0.317 e. The standard InChI is InChI=1S/C68H100N20O18/c1-3-4-16-49(78-42(2)89)63(102)84-54(33-57(92)93)67(106)83-53(32-45-35-72-41-77-45)66(105)81-51(30-43-13-6-5-7-14-43)65(104)80-50(19-12-21-74-68(70)71)64(103)82-52(31-44-34-75-47-17-9-8-15-46(44)47)62(101)76-36-55(90)79-48(61(69)100)18-10-11-20-73-56(91)37-85-22-24-86(38-58(94)95)26-28-88(40-60(98)99)29-27-87(25-23-85)39-59(96)97/h5-9,13-15,17,34-35,41,48-54,75H,3-4,10-12,16,18-33,36-40H2,1-2H3,(H2,69,100)(H,72,77)(H,73,91)(H,76,101)(H,78,89)(H,79,90)(H,80,104)(H,81,105)(H,82,103)(H,83,106)(H,84,102)(H,92,93)(H,94,95)(H,96,97)(H,98,99)(H4,70,71,74)/t48-,49+,50+,51+,52+,53-,54+/m1/s1. The third-order valence-corrected chi connectivity index (χ3v) is 17.1. The summed E-state index contributed by atoms with van der Waals surface area (Å²) in [5, 5.41) is 62.6. The van der Waals surface area contributed by atoms with Gasteiger partial charge in [0, 0.05) is 121 Å². The van der Waals surface area contributed by atoms with E-state index >= 15 is 0 Å². The second kappa shape index (κ2) is 45.2. The van der Waals surface area contributed by atoms with E-state index in [4.69, 9.17) is 17.2 Å². The van der Waals surface area contributed by atoms with E-state index in [-0.39, 0.29) is 149 Å². The number of H-pyrrole nitrogens is 2. The second-order valence-electron chi connectivity index (χ2n) is 25.7. The highest BCUT2D eigenvalue weighted by atomic mass is 16.4. The van der Waals surface area contributed by atoms with Crippen LogP contribution in [0.3, 0.4) is 0 Å². The van der Waals surface area contributed by atoms with E-state index in [2.05, 4.69) is 67.8 Å². The van der Waals surface area contributed by atoms with Gasteiger partial charge in [-0.1, -0.05) is 68.3 Å². The number of carboxylic acids is 4. The summed E-state index contributed by atoms with van der Waals surface area (Å²) in [6, 6.07) is 5.24. The van der Waals surface area contributed by atoms with Crippen LogP contribution in [0.15, 0.2) is 78.3 Å². The van der Waals surface area contributed by atoms with E-state index in [9.17, 15) is 87.5 Å². The van der Waals surface area contributed by atoms with Crippen LogP contribution in [0.4, 0.5) is 0 Å². The van der Waals surface area contributed by atoms with Crippen LogP contribution < -0.4 is 65.1 Å². The van der Waals surface area contributed by atoms with Gasteiger partial charge in [0.2, 0.25) is 59.1 Å². The first-order valence-corrected chi connectivity index (χ1v) is 34.9. The summed E-state index contributed by atoms with van der Waals surface area (Å²) in [4.78, 5) is 206. The van der Waals surface area contributed by atoms with E-state index in [1.165, 1.54) is 19.4 Å². The average molecular weight is 1490 g/mol. The molecule has 1 saturated heterocycles. The van der Waals surface area contributed by atoms with Crippen LogP contribution in [0.5, 0.6) is 0 Å². The van der Waals surface area contributed by atoms with Crippen molar-refractivity contribution in [3.05, 3.63) is 90.1 Å². The monoisotopic (exact) mass is 1480 g/mol. The molecule has 38 heteroatoms. The molecule has 1 fully saturated rings. The van der Waals surface area contributed by atoms with Gasteiger partial charge in [-0.25, -0.2) is 4.98 Å². The van der Waals surface area contributed by atoms with Gasteiger partial charge in [0.1, 0.15) is 42.3 Å².